The van der Waals surface area contributed by atoms with Crippen LogP contribution in [0.1, 0.15) is 16.0 Å². The number of thiophene rings is 1. The van der Waals surface area contributed by atoms with E-state index in [1.54, 1.807) is 17.4 Å². The lowest BCUT2D eigenvalue weighted by molar-refractivity contribution is -0.145. The molecule has 0 saturated carbocycles. The van der Waals surface area contributed by atoms with Gasteiger partial charge in [0.2, 0.25) is 0 Å². The van der Waals surface area contributed by atoms with Gasteiger partial charge in [-0.3, -0.25) is 0 Å². The van der Waals surface area contributed by atoms with E-state index in [0.29, 0.717) is 0 Å². The molecular weight excluding hydrogens is 527 g/mol. The molecule has 0 aliphatic carbocycles. The highest BCUT2D eigenvalue weighted by atomic mass is 79.9. The molecule has 0 spiro atoms. The molecule has 35 heavy (non-hydrogen) atoms. The number of aliphatic carboxylic acids is 1. The summed E-state index contributed by atoms with van der Waals surface area (Å²) in [4.78, 5) is 13.0. The van der Waals surface area contributed by atoms with Crippen LogP contribution in [0.25, 0.3) is 32.0 Å². The van der Waals surface area contributed by atoms with Crippen molar-refractivity contribution in [1.82, 2.24) is 0 Å². The molecule has 1 atom stereocenters. The standard InChI is InChI=1S/C29H22BrFO3S/c1-16-17(2)35-28-25(16)26(20-10-6-7-11-21(20)27(28)30)19-12-13-23(22(31)15-19)34-24(29(32)33)14-18-8-4-3-5-9-18/h3-13,15,24H,14H2,1-2H3,(H,32,33)/t24-/m1/s1. The second-order valence-corrected chi connectivity index (χ2v) is 10.5. The molecule has 1 aromatic heterocycles. The van der Waals surface area contributed by atoms with Crippen LogP contribution >= 0.6 is 27.3 Å². The Morgan fingerprint density at radius 1 is 1.03 bits per heavy atom. The second-order valence-electron chi connectivity index (χ2n) is 8.50. The number of benzene rings is 4. The third kappa shape index (κ3) is 4.32. The first kappa shape index (κ1) is 23.5. The molecule has 0 bridgehead atoms. The topological polar surface area (TPSA) is 46.5 Å². The van der Waals surface area contributed by atoms with E-state index in [9.17, 15) is 9.90 Å². The molecule has 5 rings (SSSR count). The number of hydrogen-bond donors (Lipinski definition) is 1. The number of ether oxygens (including phenoxy) is 1. The molecule has 5 aromatic rings. The molecule has 176 valence electrons. The summed E-state index contributed by atoms with van der Waals surface area (Å²) in [5, 5.41) is 12.8. The minimum absolute atomic E-state index is 0.0760. The third-order valence-corrected chi connectivity index (χ3v) is 8.61. The number of hydrogen-bond acceptors (Lipinski definition) is 3. The van der Waals surface area contributed by atoms with E-state index in [4.69, 9.17) is 4.74 Å². The summed E-state index contributed by atoms with van der Waals surface area (Å²) in [7, 11) is 0. The van der Waals surface area contributed by atoms with Crippen LogP contribution in [-0.2, 0) is 11.2 Å². The van der Waals surface area contributed by atoms with E-state index in [2.05, 4.69) is 35.8 Å². The van der Waals surface area contributed by atoms with Gasteiger partial charge in [-0.15, -0.1) is 11.3 Å². The highest BCUT2D eigenvalue weighted by Gasteiger charge is 2.23. The predicted molar refractivity (Wildman–Crippen MR) is 144 cm³/mol. The molecule has 0 radical (unpaired) electrons. The number of rotatable bonds is 6. The number of carboxylic acids is 1. The van der Waals surface area contributed by atoms with Crippen molar-refractivity contribution >= 4 is 54.1 Å². The van der Waals surface area contributed by atoms with E-state index in [0.717, 1.165) is 42.0 Å². The molecule has 4 aromatic carbocycles. The van der Waals surface area contributed by atoms with Crippen LogP contribution in [0.15, 0.2) is 77.3 Å². The van der Waals surface area contributed by atoms with Gasteiger partial charge in [-0.1, -0.05) is 60.7 Å². The molecule has 1 N–H and O–H groups in total. The van der Waals surface area contributed by atoms with Crippen molar-refractivity contribution in [2.75, 3.05) is 0 Å². The van der Waals surface area contributed by atoms with E-state index in [-0.39, 0.29) is 12.2 Å². The van der Waals surface area contributed by atoms with Gasteiger partial charge in [-0.25, -0.2) is 9.18 Å². The highest BCUT2D eigenvalue weighted by molar-refractivity contribution is 9.11. The Morgan fingerprint density at radius 3 is 2.40 bits per heavy atom. The average molecular weight is 549 g/mol. The lowest BCUT2D eigenvalue weighted by atomic mass is 9.93. The fourth-order valence-corrected chi connectivity index (χ4v) is 6.35. The highest BCUT2D eigenvalue weighted by Crippen LogP contribution is 2.47. The first-order chi connectivity index (χ1) is 16.8. The van der Waals surface area contributed by atoms with Gasteiger partial charge >= 0.3 is 5.97 Å². The minimum atomic E-state index is -1.19. The van der Waals surface area contributed by atoms with Gasteiger partial charge in [-0.05, 0) is 74.9 Å². The normalized spacial score (nSPS) is 12.2. The van der Waals surface area contributed by atoms with Crippen molar-refractivity contribution in [3.05, 3.63) is 99.1 Å². The van der Waals surface area contributed by atoms with Crippen molar-refractivity contribution in [3.63, 3.8) is 0 Å². The largest absolute Gasteiger partial charge is 0.478 e. The minimum Gasteiger partial charge on any atom is -0.478 e. The molecular formula is C29H22BrFO3S. The van der Waals surface area contributed by atoms with Crippen molar-refractivity contribution in [2.24, 2.45) is 0 Å². The van der Waals surface area contributed by atoms with Crippen LogP contribution in [0.5, 0.6) is 5.75 Å². The summed E-state index contributed by atoms with van der Waals surface area (Å²) < 4.78 is 23.2. The zero-order valence-corrected chi connectivity index (χ0v) is 21.5. The van der Waals surface area contributed by atoms with Gasteiger partial charge in [0.1, 0.15) is 0 Å². The maximum atomic E-state index is 15.4. The summed E-state index contributed by atoms with van der Waals surface area (Å²) in [6.07, 6.45) is -1.05. The predicted octanol–water partition coefficient (Wildman–Crippen LogP) is 8.31. The third-order valence-electron chi connectivity index (χ3n) is 6.30. The summed E-state index contributed by atoms with van der Waals surface area (Å²) in [5.41, 5.74) is 3.66. The molecule has 0 unspecified atom stereocenters. The Balaban J connectivity index is 1.60. The SMILES string of the molecule is Cc1sc2c(Br)c3ccccc3c(-c3ccc(O[C@H](Cc4ccccc4)C(=O)O)c(F)c3)c2c1C. The first-order valence-corrected chi connectivity index (χ1v) is 12.8. The van der Waals surface area contributed by atoms with Crippen LogP contribution in [0.4, 0.5) is 4.39 Å². The molecule has 3 nitrogen and oxygen atoms in total. The van der Waals surface area contributed by atoms with E-state index >= 15 is 4.39 Å². The Kier molecular flexibility index (Phi) is 6.34. The van der Waals surface area contributed by atoms with Gasteiger partial charge < -0.3 is 9.84 Å². The van der Waals surface area contributed by atoms with E-state index in [1.165, 1.54) is 22.6 Å². The maximum absolute atomic E-state index is 15.4. The second kappa shape index (κ2) is 9.44. The van der Waals surface area contributed by atoms with Gasteiger partial charge in [0.15, 0.2) is 17.7 Å². The average Bonchev–Trinajstić information content (AvgIpc) is 3.15. The summed E-state index contributed by atoms with van der Waals surface area (Å²) in [6.45, 7) is 4.19. The Labute approximate surface area is 214 Å². The molecule has 6 heteroatoms. The van der Waals surface area contributed by atoms with Gasteiger partial charge in [0, 0.05) is 21.2 Å². The van der Waals surface area contributed by atoms with Crippen LogP contribution in [0.2, 0.25) is 0 Å². The lowest BCUT2D eigenvalue weighted by Gasteiger charge is -2.17. The van der Waals surface area contributed by atoms with Crippen LogP contribution in [0, 0.1) is 19.7 Å². The molecule has 1 heterocycles. The Morgan fingerprint density at radius 2 is 1.71 bits per heavy atom. The van der Waals surface area contributed by atoms with Crippen LogP contribution < -0.4 is 4.74 Å². The van der Waals surface area contributed by atoms with Crippen molar-refractivity contribution < 1.29 is 19.0 Å². The Bertz CT molecular complexity index is 1580. The molecule has 0 fully saturated rings. The molecule has 0 aliphatic heterocycles. The zero-order chi connectivity index (χ0) is 24.7. The maximum Gasteiger partial charge on any atom is 0.345 e. The van der Waals surface area contributed by atoms with E-state index in [1.807, 2.05) is 48.5 Å². The molecule has 0 saturated heterocycles. The van der Waals surface area contributed by atoms with Gasteiger partial charge in [0.25, 0.3) is 0 Å². The van der Waals surface area contributed by atoms with Crippen molar-refractivity contribution in [3.8, 4) is 16.9 Å². The quantitative estimate of drug-likeness (QED) is 0.232. The molecule has 0 amide bonds. The first-order valence-electron chi connectivity index (χ1n) is 11.2. The fourth-order valence-electron chi connectivity index (χ4n) is 4.44. The summed E-state index contributed by atoms with van der Waals surface area (Å²) >= 11 is 5.51. The van der Waals surface area contributed by atoms with Crippen molar-refractivity contribution in [1.29, 1.82) is 0 Å². The van der Waals surface area contributed by atoms with Crippen LogP contribution in [0.3, 0.4) is 0 Å². The number of halogens is 2. The van der Waals surface area contributed by atoms with Crippen molar-refractivity contribution in [2.45, 2.75) is 26.4 Å². The fraction of sp³-hybridized carbons (Fsp3) is 0.138. The summed E-state index contributed by atoms with van der Waals surface area (Å²) in [5.74, 6) is -1.80. The van der Waals surface area contributed by atoms with E-state index < -0.39 is 17.9 Å². The zero-order valence-electron chi connectivity index (χ0n) is 19.1. The number of carboxylic acid groups (broad SMARTS) is 1. The number of aryl methyl sites for hydroxylation is 2. The number of fused-ring (bicyclic) bond motifs is 2. The smallest absolute Gasteiger partial charge is 0.345 e. The summed E-state index contributed by atoms with van der Waals surface area (Å²) in [6, 6.07) is 22.0. The van der Waals surface area contributed by atoms with Crippen LogP contribution in [-0.4, -0.2) is 17.2 Å². The monoisotopic (exact) mass is 548 g/mol. The Hall–Kier alpha value is -3.22. The molecule has 0 aliphatic rings. The number of carbonyl (C=O) groups is 1. The van der Waals surface area contributed by atoms with Gasteiger partial charge in [-0.2, -0.15) is 0 Å². The lowest BCUT2D eigenvalue weighted by Crippen LogP contribution is -2.29. The van der Waals surface area contributed by atoms with Gasteiger partial charge in [0.05, 0.1) is 4.70 Å².